The summed E-state index contributed by atoms with van der Waals surface area (Å²) >= 11 is 0. The maximum absolute atomic E-state index is 13.5. The summed E-state index contributed by atoms with van der Waals surface area (Å²) in [5.74, 6) is -0.229. The first-order chi connectivity index (χ1) is 19.3. The number of carbonyl (C=O) groups is 2. The first kappa shape index (κ1) is 27.2. The SMILES string of the molecule is O=C(NC1C[C@H]2CC[C@@H](C1)N2S(=O)(=O)CC1CCN(C(=O)OCc2ccccc2)CC1)c1cc(C2CC2F)on1. The molecule has 1 aromatic carbocycles. The zero-order valence-electron chi connectivity index (χ0n) is 22.3. The van der Waals surface area contributed by atoms with Crippen molar-refractivity contribution in [2.75, 3.05) is 18.8 Å². The quantitative estimate of drug-likeness (QED) is 0.511. The van der Waals surface area contributed by atoms with Crippen molar-refractivity contribution in [2.45, 2.75) is 81.8 Å². The van der Waals surface area contributed by atoms with Crippen LogP contribution < -0.4 is 5.32 Å². The molecule has 40 heavy (non-hydrogen) atoms. The zero-order chi connectivity index (χ0) is 27.9. The normalized spacial score (nSPS) is 28.8. The van der Waals surface area contributed by atoms with E-state index in [9.17, 15) is 22.4 Å². The van der Waals surface area contributed by atoms with E-state index in [0.29, 0.717) is 51.0 Å². The molecule has 4 heterocycles. The topological polar surface area (TPSA) is 122 Å². The van der Waals surface area contributed by atoms with E-state index in [1.807, 2.05) is 30.3 Å². The molecule has 3 aliphatic heterocycles. The fourth-order valence-corrected chi connectivity index (χ4v) is 8.86. The number of nitrogens with zero attached hydrogens (tertiary/aromatic N) is 3. The molecule has 2 bridgehead atoms. The third-order valence-corrected chi connectivity index (χ3v) is 10.8. The van der Waals surface area contributed by atoms with E-state index in [1.54, 1.807) is 9.21 Å². The highest BCUT2D eigenvalue weighted by Crippen LogP contribution is 2.43. The van der Waals surface area contributed by atoms with Crippen molar-refractivity contribution >= 4 is 22.0 Å². The summed E-state index contributed by atoms with van der Waals surface area (Å²) in [6.45, 7) is 1.17. The number of alkyl halides is 1. The van der Waals surface area contributed by atoms with E-state index in [-0.39, 0.29) is 60.0 Å². The first-order valence-electron chi connectivity index (χ1n) is 14.1. The molecule has 2 aromatic rings. The number of halogens is 1. The number of hydrogen-bond acceptors (Lipinski definition) is 7. The van der Waals surface area contributed by atoms with Gasteiger partial charge in [-0.3, -0.25) is 4.79 Å². The van der Waals surface area contributed by atoms with Crippen molar-refractivity contribution in [3.8, 4) is 0 Å². The number of fused-ring (bicyclic) bond motifs is 2. The molecule has 10 nitrogen and oxygen atoms in total. The number of rotatable bonds is 8. The molecule has 1 aromatic heterocycles. The molecule has 3 unspecified atom stereocenters. The minimum absolute atomic E-state index is 0.0169. The molecule has 216 valence electrons. The van der Waals surface area contributed by atoms with E-state index >= 15 is 0 Å². The minimum atomic E-state index is -3.49. The summed E-state index contributed by atoms with van der Waals surface area (Å²) in [5, 5.41) is 6.78. The Bertz CT molecular complexity index is 1320. The van der Waals surface area contributed by atoms with Crippen LogP contribution in [0.2, 0.25) is 0 Å². The van der Waals surface area contributed by atoms with Crippen molar-refractivity contribution in [3.63, 3.8) is 0 Å². The highest BCUT2D eigenvalue weighted by molar-refractivity contribution is 7.89. The van der Waals surface area contributed by atoms with Gasteiger partial charge < -0.3 is 19.5 Å². The van der Waals surface area contributed by atoms with Gasteiger partial charge in [-0.05, 0) is 56.4 Å². The molecule has 12 heteroatoms. The summed E-state index contributed by atoms with van der Waals surface area (Å²) in [5.41, 5.74) is 1.05. The fraction of sp³-hybridized carbons (Fsp3) is 0.607. The summed E-state index contributed by atoms with van der Waals surface area (Å²) in [6, 6.07) is 10.6. The molecule has 4 aliphatic rings. The molecule has 1 N–H and O–H groups in total. The van der Waals surface area contributed by atoms with E-state index in [2.05, 4.69) is 10.5 Å². The van der Waals surface area contributed by atoms with E-state index in [1.165, 1.54) is 6.07 Å². The van der Waals surface area contributed by atoms with E-state index in [0.717, 1.165) is 18.4 Å². The van der Waals surface area contributed by atoms with Crippen molar-refractivity contribution < 1.29 is 31.7 Å². The van der Waals surface area contributed by atoms with Crippen LogP contribution in [-0.2, 0) is 21.4 Å². The predicted molar refractivity (Wildman–Crippen MR) is 143 cm³/mol. The van der Waals surface area contributed by atoms with Gasteiger partial charge in [-0.1, -0.05) is 35.5 Å². The number of ether oxygens (including phenoxy) is 1. The van der Waals surface area contributed by atoms with Crippen molar-refractivity contribution in [3.05, 3.63) is 53.4 Å². The van der Waals surface area contributed by atoms with Crippen LogP contribution in [0.25, 0.3) is 0 Å². The standard InChI is InChI=1S/C28H35FN4O6S/c29-24-14-23(24)26-15-25(31-39-26)27(34)30-20-12-21-6-7-22(13-20)33(21)40(36,37)17-19-8-10-32(11-9-19)28(35)38-16-18-4-2-1-3-5-18/h1-5,15,19-24H,6-14,16-17H2,(H,30,34)/t20?,21-,22+,23?,24?. The third kappa shape index (κ3) is 5.88. The third-order valence-electron chi connectivity index (χ3n) is 8.69. The minimum Gasteiger partial charge on any atom is -0.445 e. The van der Waals surface area contributed by atoms with Crippen LogP contribution >= 0.6 is 0 Å². The maximum Gasteiger partial charge on any atom is 0.410 e. The Hall–Kier alpha value is -2.99. The van der Waals surface area contributed by atoms with Crippen molar-refractivity contribution in [1.29, 1.82) is 0 Å². The maximum atomic E-state index is 13.5. The lowest BCUT2D eigenvalue weighted by atomic mass is 9.99. The summed E-state index contributed by atoms with van der Waals surface area (Å²) in [4.78, 5) is 26.8. The second-order valence-corrected chi connectivity index (χ2v) is 13.5. The second kappa shape index (κ2) is 11.1. The number of likely N-dealkylation sites (tertiary alicyclic amines) is 1. The van der Waals surface area contributed by atoms with Gasteiger partial charge in [0.2, 0.25) is 10.0 Å². The molecule has 5 atom stereocenters. The average Bonchev–Trinajstić information content (AvgIpc) is 3.34. The van der Waals surface area contributed by atoms with Crippen LogP contribution in [0, 0.1) is 5.92 Å². The van der Waals surface area contributed by atoms with Crippen LogP contribution in [0.15, 0.2) is 40.9 Å². The molecule has 2 amide bonds. The first-order valence-corrected chi connectivity index (χ1v) is 15.8. The number of sulfonamides is 1. The van der Waals surface area contributed by atoms with E-state index < -0.39 is 16.2 Å². The molecular formula is C28H35FN4O6S. The number of hydrogen-bond donors (Lipinski definition) is 1. The van der Waals surface area contributed by atoms with Gasteiger partial charge in [0, 0.05) is 37.3 Å². The second-order valence-electron chi connectivity index (χ2n) is 11.6. The fourth-order valence-electron chi connectivity index (χ4n) is 6.47. The van der Waals surface area contributed by atoms with Crippen LogP contribution in [0.5, 0.6) is 0 Å². The van der Waals surface area contributed by atoms with Crippen molar-refractivity contribution in [2.24, 2.45) is 5.92 Å². The smallest absolute Gasteiger partial charge is 0.410 e. The van der Waals surface area contributed by atoms with Crippen LogP contribution in [0.4, 0.5) is 9.18 Å². The van der Waals surface area contributed by atoms with E-state index in [4.69, 9.17) is 9.26 Å². The van der Waals surface area contributed by atoms with Gasteiger partial charge in [-0.25, -0.2) is 17.6 Å². The Morgan fingerprint density at radius 3 is 2.38 bits per heavy atom. The molecule has 0 radical (unpaired) electrons. The lowest BCUT2D eigenvalue weighted by Gasteiger charge is -2.39. The zero-order valence-corrected chi connectivity index (χ0v) is 23.1. The molecule has 1 saturated carbocycles. The van der Waals surface area contributed by atoms with Gasteiger partial charge in [-0.15, -0.1) is 0 Å². The molecule has 0 spiro atoms. The summed E-state index contributed by atoms with van der Waals surface area (Å²) in [6.07, 6.45) is 2.97. The number of benzene rings is 1. The Balaban J connectivity index is 0.976. The Labute approximate surface area is 233 Å². The van der Waals surface area contributed by atoms with Gasteiger partial charge in [0.15, 0.2) is 5.69 Å². The largest absolute Gasteiger partial charge is 0.445 e. The lowest BCUT2D eigenvalue weighted by molar-refractivity contribution is 0.0838. The molecular weight excluding hydrogens is 539 g/mol. The number of aromatic nitrogens is 1. The number of amides is 2. The highest BCUT2D eigenvalue weighted by atomic mass is 32.2. The highest BCUT2D eigenvalue weighted by Gasteiger charge is 2.48. The van der Waals surface area contributed by atoms with Gasteiger partial charge in [0.05, 0.1) is 11.7 Å². The molecule has 4 fully saturated rings. The monoisotopic (exact) mass is 574 g/mol. The predicted octanol–water partition coefficient (Wildman–Crippen LogP) is 3.60. The van der Waals surface area contributed by atoms with Gasteiger partial charge in [0.1, 0.15) is 18.5 Å². The number of carbonyl (C=O) groups excluding carboxylic acids is 2. The Kier molecular flexibility index (Phi) is 7.56. The summed E-state index contributed by atoms with van der Waals surface area (Å²) < 4.78 is 52.6. The number of piperidine rings is 2. The Morgan fingerprint density at radius 2 is 1.73 bits per heavy atom. The van der Waals surface area contributed by atoms with Crippen molar-refractivity contribution in [1.82, 2.24) is 19.7 Å². The molecule has 1 aliphatic carbocycles. The van der Waals surface area contributed by atoms with Crippen LogP contribution in [0.1, 0.15) is 72.7 Å². The number of nitrogens with one attached hydrogen (secondary N) is 1. The van der Waals surface area contributed by atoms with Crippen LogP contribution in [0.3, 0.4) is 0 Å². The molecule has 3 saturated heterocycles. The van der Waals surface area contributed by atoms with Gasteiger partial charge in [-0.2, -0.15) is 4.31 Å². The summed E-state index contributed by atoms with van der Waals surface area (Å²) in [7, 11) is -3.49. The van der Waals surface area contributed by atoms with Gasteiger partial charge >= 0.3 is 6.09 Å². The molecule has 6 rings (SSSR count). The average molecular weight is 575 g/mol. The Morgan fingerprint density at radius 1 is 1.05 bits per heavy atom. The lowest BCUT2D eigenvalue weighted by Crippen LogP contribution is -2.53. The van der Waals surface area contributed by atoms with Crippen LogP contribution in [-0.4, -0.2) is 77.9 Å². The van der Waals surface area contributed by atoms with Gasteiger partial charge in [0.25, 0.3) is 5.91 Å².